The lowest BCUT2D eigenvalue weighted by Gasteiger charge is -2.42. The molecule has 3 aromatic carbocycles. The minimum Gasteiger partial charge on any atom is -0.467 e. The van der Waals surface area contributed by atoms with E-state index in [0.29, 0.717) is 26.2 Å². The van der Waals surface area contributed by atoms with Gasteiger partial charge in [0.25, 0.3) is 0 Å². The molecule has 6 heteroatoms. The smallest absolute Gasteiger partial charge is 0.335 e. The molecule has 0 saturated carbocycles. The molecule has 1 aliphatic rings. The summed E-state index contributed by atoms with van der Waals surface area (Å²) in [7, 11) is 1.37. The third-order valence-corrected chi connectivity index (χ3v) is 6.33. The van der Waals surface area contributed by atoms with Crippen molar-refractivity contribution in [3.05, 3.63) is 108 Å². The van der Waals surface area contributed by atoms with Crippen molar-refractivity contribution >= 4 is 5.97 Å². The number of esters is 1. The van der Waals surface area contributed by atoms with Gasteiger partial charge >= 0.3 is 5.97 Å². The molecule has 36 heavy (non-hydrogen) atoms. The quantitative estimate of drug-likeness (QED) is 0.349. The van der Waals surface area contributed by atoms with E-state index in [4.69, 9.17) is 23.7 Å². The predicted octanol–water partition coefficient (Wildman–Crippen LogP) is 5.09. The molecule has 0 amide bonds. The Morgan fingerprint density at radius 2 is 1.31 bits per heavy atom. The van der Waals surface area contributed by atoms with Crippen LogP contribution in [0.2, 0.25) is 0 Å². The summed E-state index contributed by atoms with van der Waals surface area (Å²) in [6.45, 7) is 3.16. The number of hydrogen-bond donors (Lipinski definition) is 0. The molecule has 190 valence electrons. The topological polar surface area (TPSA) is 63.2 Å². The standard InChI is InChI=1S/C30H34O6/c1-22(33-19-23-12-6-3-7-13-23)28-29(35-21-25-16-10-5-11-17-25)26(18-27(36-28)30(31)32-2)34-20-24-14-8-4-9-15-24/h3-17,22,26-29H,18-21H2,1-2H3/t22-,26-,27+,28-,29-/m1/s1. The zero-order valence-electron chi connectivity index (χ0n) is 20.8. The van der Waals surface area contributed by atoms with E-state index in [9.17, 15) is 4.79 Å². The molecular formula is C30H34O6. The molecule has 0 unspecified atom stereocenters. The van der Waals surface area contributed by atoms with Crippen molar-refractivity contribution < 1.29 is 28.5 Å². The van der Waals surface area contributed by atoms with Gasteiger partial charge in [-0.15, -0.1) is 0 Å². The van der Waals surface area contributed by atoms with E-state index in [0.717, 1.165) is 16.7 Å². The fourth-order valence-electron chi connectivity index (χ4n) is 4.35. The minimum atomic E-state index is -0.764. The van der Waals surface area contributed by atoms with Crippen LogP contribution in [0.1, 0.15) is 30.0 Å². The molecule has 0 aliphatic carbocycles. The van der Waals surface area contributed by atoms with E-state index in [2.05, 4.69) is 0 Å². The Morgan fingerprint density at radius 1 is 0.806 bits per heavy atom. The monoisotopic (exact) mass is 490 g/mol. The second kappa shape index (κ2) is 13.3. The summed E-state index contributed by atoms with van der Waals surface area (Å²) < 4.78 is 30.3. The van der Waals surface area contributed by atoms with Crippen LogP contribution in [0.5, 0.6) is 0 Å². The summed E-state index contributed by atoms with van der Waals surface area (Å²) in [4.78, 5) is 12.5. The number of hydrogen-bond acceptors (Lipinski definition) is 6. The van der Waals surface area contributed by atoms with E-state index < -0.39 is 24.3 Å². The zero-order chi connectivity index (χ0) is 25.2. The normalized spacial score (nSPS) is 22.6. The third-order valence-electron chi connectivity index (χ3n) is 6.33. The van der Waals surface area contributed by atoms with Crippen molar-refractivity contribution in [2.75, 3.05) is 7.11 Å². The summed E-state index contributed by atoms with van der Waals surface area (Å²) in [6.07, 6.45) is -2.15. The highest BCUT2D eigenvalue weighted by Gasteiger charge is 2.46. The largest absolute Gasteiger partial charge is 0.467 e. The molecular weight excluding hydrogens is 456 g/mol. The Morgan fingerprint density at radius 3 is 1.83 bits per heavy atom. The van der Waals surface area contributed by atoms with Gasteiger partial charge in [-0.1, -0.05) is 91.0 Å². The highest BCUT2D eigenvalue weighted by molar-refractivity contribution is 5.74. The predicted molar refractivity (Wildman–Crippen MR) is 136 cm³/mol. The number of carbonyl (C=O) groups excluding carboxylic acids is 1. The third kappa shape index (κ3) is 7.24. The summed E-state index contributed by atoms with van der Waals surface area (Å²) in [5, 5.41) is 0. The van der Waals surface area contributed by atoms with Crippen LogP contribution in [-0.2, 0) is 48.3 Å². The molecule has 0 aromatic heterocycles. The van der Waals surface area contributed by atoms with Crippen LogP contribution < -0.4 is 0 Å². The molecule has 6 nitrogen and oxygen atoms in total. The number of benzene rings is 3. The van der Waals surface area contributed by atoms with Gasteiger partial charge in [0.15, 0.2) is 6.10 Å². The first-order chi connectivity index (χ1) is 17.6. The molecule has 4 rings (SSSR count). The maximum Gasteiger partial charge on any atom is 0.335 e. The van der Waals surface area contributed by atoms with Gasteiger partial charge in [0.2, 0.25) is 0 Å². The lowest BCUT2D eigenvalue weighted by molar-refractivity contribution is -0.238. The highest BCUT2D eigenvalue weighted by Crippen LogP contribution is 2.31. The van der Waals surface area contributed by atoms with Gasteiger partial charge in [0.05, 0.1) is 39.1 Å². The van der Waals surface area contributed by atoms with E-state index in [1.807, 2.05) is 97.9 Å². The van der Waals surface area contributed by atoms with Gasteiger partial charge in [0, 0.05) is 6.42 Å². The van der Waals surface area contributed by atoms with Crippen LogP contribution in [0, 0.1) is 0 Å². The van der Waals surface area contributed by atoms with Crippen LogP contribution in [0.25, 0.3) is 0 Å². The molecule has 0 N–H and O–H groups in total. The molecule has 0 bridgehead atoms. The SMILES string of the molecule is COC(=O)[C@@H]1C[C@@H](OCc2ccccc2)[C@@H](OCc2ccccc2)[C@@H]([C@@H](C)OCc2ccccc2)O1. The van der Waals surface area contributed by atoms with Crippen molar-refractivity contribution in [1.29, 1.82) is 0 Å². The van der Waals surface area contributed by atoms with Crippen LogP contribution in [0.3, 0.4) is 0 Å². The Balaban J connectivity index is 1.54. The zero-order valence-corrected chi connectivity index (χ0v) is 20.8. The molecule has 1 heterocycles. The van der Waals surface area contributed by atoms with Gasteiger partial charge in [-0.05, 0) is 23.6 Å². The van der Waals surface area contributed by atoms with Crippen LogP contribution >= 0.6 is 0 Å². The van der Waals surface area contributed by atoms with Crippen molar-refractivity contribution in [3.63, 3.8) is 0 Å². The average Bonchev–Trinajstić information content (AvgIpc) is 2.94. The lowest BCUT2D eigenvalue weighted by Crippen LogP contribution is -2.56. The minimum absolute atomic E-state index is 0.334. The second-order valence-electron chi connectivity index (χ2n) is 8.95. The summed E-state index contributed by atoms with van der Waals surface area (Å²) in [5.74, 6) is -0.426. The first-order valence-corrected chi connectivity index (χ1v) is 12.3. The number of ether oxygens (including phenoxy) is 5. The molecule has 5 atom stereocenters. The summed E-state index contributed by atoms with van der Waals surface area (Å²) >= 11 is 0. The van der Waals surface area contributed by atoms with Crippen LogP contribution in [0.4, 0.5) is 0 Å². The Kier molecular flexibility index (Phi) is 9.64. The molecule has 0 radical (unpaired) electrons. The second-order valence-corrected chi connectivity index (χ2v) is 8.95. The molecule has 0 spiro atoms. The Hall–Kier alpha value is -3.03. The first kappa shape index (κ1) is 26.0. The van der Waals surface area contributed by atoms with Gasteiger partial charge in [0.1, 0.15) is 12.2 Å². The maximum atomic E-state index is 12.5. The van der Waals surface area contributed by atoms with E-state index in [1.165, 1.54) is 7.11 Å². The van der Waals surface area contributed by atoms with Crippen molar-refractivity contribution in [1.82, 2.24) is 0 Å². The molecule has 3 aromatic rings. The van der Waals surface area contributed by atoms with Gasteiger partial charge in [-0.25, -0.2) is 4.79 Å². The Bertz CT molecular complexity index is 1040. The van der Waals surface area contributed by atoms with Crippen LogP contribution in [0.15, 0.2) is 91.0 Å². The average molecular weight is 491 g/mol. The fraction of sp³-hybridized carbons (Fsp3) is 0.367. The number of rotatable bonds is 11. The van der Waals surface area contributed by atoms with Crippen molar-refractivity contribution in [2.24, 2.45) is 0 Å². The first-order valence-electron chi connectivity index (χ1n) is 12.3. The van der Waals surface area contributed by atoms with E-state index >= 15 is 0 Å². The number of methoxy groups -OCH3 is 1. The van der Waals surface area contributed by atoms with E-state index in [1.54, 1.807) is 0 Å². The van der Waals surface area contributed by atoms with Crippen molar-refractivity contribution in [3.8, 4) is 0 Å². The highest BCUT2D eigenvalue weighted by atomic mass is 16.6. The fourth-order valence-corrected chi connectivity index (χ4v) is 4.35. The number of carbonyl (C=O) groups is 1. The molecule has 1 aliphatic heterocycles. The summed E-state index contributed by atoms with van der Waals surface area (Å²) in [6, 6.07) is 29.9. The Labute approximate surface area is 213 Å². The van der Waals surface area contributed by atoms with Crippen LogP contribution in [-0.4, -0.2) is 43.6 Å². The maximum absolute atomic E-state index is 12.5. The van der Waals surface area contributed by atoms with E-state index in [-0.39, 0.29) is 12.2 Å². The van der Waals surface area contributed by atoms with Gasteiger partial charge in [-0.3, -0.25) is 0 Å². The summed E-state index contributed by atoms with van der Waals surface area (Å²) in [5.41, 5.74) is 3.15. The lowest BCUT2D eigenvalue weighted by atomic mass is 9.94. The van der Waals surface area contributed by atoms with Crippen molar-refractivity contribution in [2.45, 2.75) is 63.7 Å². The van der Waals surface area contributed by atoms with Gasteiger partial charge in [-0.2, -0.15) is 0 Å². The van der Waals surface area contributed by atoms with Gasteiger partial charge < -0.3 is 23.7 Å². The molecule has 1 saturated heterocycles. The molecule has 1 fully saturated rings.